The average molecular weight is 394 g/mol. The molecule has 7 nitrogen and oxygen atoms in total. The smallest absolute Gasteiger partial charge is 0.269 e. The van der Waals surface area contributed by atoms with E-state index in [1.807, 2.05) is 18.2 Å². The van der Waals surface area contributed by atoms with Gasteiger partial charge in [0.25, 0.3) is 5.69 Å². The van der Waals surface area contributed by atoms with Crippen molar-refractivity contribution in [3.05, 3.63) is 76.4 Å². The summed E-state index contributed by atoms with van der Waals surface area (Å²) in [4.78, 5) is 29.0. The summed E-state index contributed by atoms with van der Waals surface area (Å²) in [7, 11) is 1.70. The van der Waals surface area contributed by atoms with Crippen LogP contribution in [0.3, 0.4) is 0 Å². The highest BCUT2D eigenvalue weighted by atomic mass is 16.6. The molecule has 2 aromatic rings. The SMILES string of the molecule is CN(C(=O)CN1CCN(C/C=C/c2ccccc2)CC1)c1ccc([N+](=O)[O-])cc1. The molecule has 152 valence electrons. The molecule has 0 bridgehead atoms. The molecule has 7 heteroatoms. The molecule has 1 amide bonds. The second kappa shape index (κ2) is 9.95. The van der Waals surface area contributed by atoms with E-state index < -0.39 is 4.92 Å². The second-order valence-corrected chi connectivity index (χ2v) is 7.12. The van der Waals surface area contributed by atoms with Crippen LogP contribution in [0, 0.1) is 10.1 Å². The van der Waals surface area contributed by atoms with Gasteiger partial charge in [0.05, 0.1) is 11.5 Å². The maximum absolute atomic E-state index is 12.6. The van der Waals surface area contributed by atoms with E-state index in [-0.39, 0.29) is 11.6 Å². The molecule has 1 aliphatic heterocycles. The first-order chi connectivity index (χ1) is 14.0. The van der Waals surface area contributed by atoms with Crippen LogP contribution in [0.4, 0.5) is 11.4 Å². The summed E-state index contributed by atoms with van der Waals surface area (Å²) in [6.07, 6.45) is 4.31. The molecule has 1 heterocycles. The number of carbonyl (C=O) groups is 1. The van der Waals surface area contributed by atoms with E-state index in [9.17, 15) is 14.9 Å². The van der Waals surface area contributed by atoms with Crippen LogP contribution in [-0.2, 0) is 4.79 Å². The number of likely N-dealkylation sites (N-methyl/N-ethyl adjacent to an activating group) is 1. The minimum atomic E-state index is -0.444. The maximum Gasteiger partial charge on any atom is 0.269 e. The Labute approximate surface area is 171 Å². The number of nitro groups is 1. The van der Waals surface area contributed by atoms with Crippen molar-refractivity contribution in [3.63, 3.8) is 0 Å². The van der Waals surface area contributed by atoms with E-state index >= 15 is 0 Å². The van der Waals surface area contributed by atoms with E-state index in [4.69, 9.17) is 0 Å². The zero-order chi connectivity index (χ0) is 20.6. The number of hydrogen-bond donors (Lipinski definition) is 0. The van der Waals surface area contributed by atoms with E-state index in [0.717, 1.165) is 32.7 Å². The van der Waals surface area contributed by atoms with Gasteiger partial charge < -0.3 is 4.90 Å². The number of amides is 1. The molecule has 0 atom stereocenters. The van der Waals surface area contributed by atoms with Crippen LogP contribution < -0.4 is 4.90 Å². The van der Waals surface area contributed by atoms with Gasteiger partial charge in [-0.2, -0.15) is 0 Å². The highest BCUT2D eigenvalue weighted by Gasteiger charge is 2.20. The molecule has 1 aliphatic rings. The summed E-state index contributed by atoms with van der Waals surface area (Å²) in [5.41, 5.74) is 1.88. The standard InChI is InChI=1S/C22H26N4O3/c1-23(20-9-11-21(12-10-20)26(28)29)22(27)18-25-16-14-24(15-17-25)13-5-8-19-6-3-2-4-7-19/h2-12H,13-18H2,1H3/b8-5+. The summed E-state index contributed by atoms with van der Waals surface area (Å²) in [5.74, 6) is -0.0173. The fourth-order valence-electron chi connectivity index (χ4n) is 3.27. The van der Waals surface area contributed by atoms with Crippen molar-refractivity contribution in [1.29, 1.82) is 0 Å². The number of rotatable bonds is 7. The first kappa shape index (κ1) is 20.7. The number of nitro benzene ring substituents is 1. The molecule has 0 N–H and O–H groups in total. The largest absolute Gasteiger partial charge is 0.314 e. The second-order valence-electron chi connectivity index (χ2n) is 7.12. The molecule has 0 unspecified atom stereocenters. The Hall–Kier alpha value is -3.03. The quantitative estimate of drug-likeness (QED) is 0.533. The highest BCUT2D eigenvalue weighted by Crippen LogP contribution is 2.18. The molecule has 29 heavy (non-hydrogen) atoms. The van der Waals surface area contributed by atoms with Crippen molar-refractivity contribution in [2.45, 2.75) is 0 Å². The first-order valence-electron chi connectivity index (χ1n) is 9.70. The third-order valence-electron chi connectivity index (χ3n) is 5.12. The Morgan fingerprint density at radius 3 is 2.28 bits per heavy atom. The molecule has 0 aliphatic carbocycles. The van der Waals surface area contributed by atoms with Crippen LogP contribution in [-0.4, -0.2) is 66.9 Å². The Morgan fingerprint density at radius 2 is 1.66 bits per heavy atom. The molecular weight excluding hydrogens is 368 g/mol. The van der Waals surface area contributed by atoms with Crippen LogP contribution in [0.2, 0.25) is 0 Å². The molecule has 1 saturated heterocycles. The van der Waals surface area contributed by atoms with Crippen molar-refractivity contribution >= 4 is 23.4 Å². The Balaban J connectivity index is 1.43. The van der Waals surface area contributed by atoms with Crippen molar-refractivity contribution < 1.29 is 9.72 Å². The third kappa shape index (κ3) is 5.97. The number of nitrogens with zero attached hydrogens (tertiary/aromatic N) is 4. The van der Waals surface area contributed by atoms with Crippen molar-refractivity contribution in [1.82, 2.24) is 9.80 Å². The number of non-ortho nitro benzene ring substituents is 1. The number of piperazine rings is 1. The number of anilines is 1. The fourth-order valence-corrected chi connectivity index (χ4v) is 3.27. The summed E-state index contributed by atoms with van der Waals surface area (Å²) in [6.45, 7) is 4.79. The predicted molar refractivity (Wildman–Crippen MR) is 115 cm³/mol. The lowest BCUT2D eigenvalue weighted by Crippen LogP contribution is -2.49. The van der Waals surface area contributed by atoms with Gasteiger partial charge in [-0.1, -0.05) is 42.5 Å². The number of benzene rings is 2. The van der Waals surface area contributed by atoms with Gasteiger partial charge in [0, 0.05) is 57.6 Å². The van der Waals surface area contributed by atoms with Crippen LogP contribution in [0.1, 0.15) is 5.56 Å². The van der Waals surface area contributed by atoms with Crippen molar-refractivity contribution in [2.75, 3.05) is 51.2 Å². The van der Waals surface area contributed by atoms with Gasteiger partial charge in [-0.05, 0) is 17.7 Å². The van der Waals surface area contributed by atoms with E-state index in [2.05, 4.69) is 34.1 Å². The maximum atomic E-state index is 12.6. The number of hydrogen-bond acceptors (Lipinski definition) is 5. The topological polar surface area (TPSA) is 69.9 Å². The molecular formula is C22H26N4O3. The van der Waals surface area contributed by atoms with Gasteiger partial charge in [0.15, 0.2) is 0 Å². The van der Waals surface area contributed by atoms with Crippen LogP contribution in [0.15, 0.2) is 60.7 Å². The zero-order valence-corrected chi connectivity index (χ0v) is 16.6. The molecule has 0 saturated carbocycles. The molecule has 0 radical (unpaired) electrons. The minimum Gasteiger partial charge on any atom is -0.314 e. The molecule has 3 rings (SSSR count). The minimum absolute atomic E-state index is 0.0173. The normalized spacial score (nSPS) is 15.5. The first-order valence-corrected chi connectivity index (χ1v) is 9.70. The van der Waals surface area contributed by atoms with Gasteiger partial charge in [-0.3, -0.25) is 24.7 Å². The average Bonchev–Trinajstić information content (AvgIpc) is 2.75. The lowest BCUT2D eigenvalue weighted by atomic mass is 10.2. The molecule has 0 aromatic heterocycles. The zero-order valence-electron chi connectivity index (χ0n) is 16.6. The predicted octanol–water partition coefficient (Wildman–Crippen LogP) is 2.89. The van der Waals surface area contributed by atoms with Crippen LogP contribution in [0.5, 0.6) is 0 Å². The summed E-state index contributed by atoms with van der Waals surface area (Å²) in [5, 5.41) is 10.8. The van der Waals surface area contributed by atoms with Gasteiger partial charge in [-0.15, -0.1) is 0 Å². The highest BCUT2D eigenvalue weighted by molar-refractivity contribution is 5.94. The summed E-state index contributed by atoms with van der Waals surface area (Å²) >= 11 is 0. The summed E-state index contributed by atoms with van der Waals surface area (Å²) in [6, 6.07) is 16.3. The van der Waals surface area contributed by atoms with Crippen LogP contribution >= 0.6 is 0 Å². The van der Waals surface area contributed by atoms with E-state index in [0.29, 0.717) is 12.2 Å². The van der Waals surface area contributed by atoms with Crippen LogP contribution in [0.25, 0.3) is 6.08 Å². The van der Waals surface area contributed by atoms with Gasteiger partial charge >= 0.3 is 0 Å². The van der Waals surface area contributed by atoms with Crippen molar-refractivity contribution in [2.24, 2.45) is 0 Å². The molecule has 1 fully saturated rings. The lowest BCUT2D eigenvalue weighted by molar-refractivity contribution is -0.384. The number of carbonyl (C=O) groups excluding carboxylic acids is 1. The van der Waals surface area contributed by atoms with Gasteiger partial charge in [-0.25, -0.2) is 0 Å². The fraction of sp³-hybridized carbons (Fsp3) is 0.318. The lowest BCUT2D eigenvalue weighted by Gasteiger charge is -2.34. The monoisotopic (exact) mass is 394 g/mol. The molecule has 0 spiro atoms. The van der Waals surface area contributed by atoms with E-state index in [1.165, 1.54) is 17.7 Å². The van der Waals surface area contributed by atoms with Gasteiger partial charge in [0.1, 0.15) is 0 Å². The Kier molecular flexibility index (Phi) is 7.10. The van der Waals surface area contributed by atoms with Gasteiger partial charge in [0.2, 0.25) is 5.91 Å². The Morgan fingerprint density at radius 1 is 1.03 bits per heavy atom. The van der Waals surface area contributed by atoms with Crippen molar-refractivity contribution in [3.8, 4) is 0 Å². The Bertz CT molecular complexity index is 844. The molecule has 2 aromatic carbocycles. The third-order valence-corrected chi connectivity index (χ3v) is 5.12. The summed E-state index contributed by atoms with van der Waals surface area (Å²) < 4.78 is 0. The van der Waals surface area contributed by atoms with E-state index in [1.54, 1.807) is 24.1 Å².